The highest BCUT2D eigenvalue weighted by atomic mass is 35.5. The van der Waals surface area contributed by atoms with Crippen LogP contribution in [-0.2, 0) is 16.1 Å². The molecule has 1 amide bonds. The standard InChI is InChI=1S/C15H15ClF2N4OS.C5H12O/c16-12-5-11(6-13(17)7-12)15-19-8-14(22(15)24-18)9-20-1-3-21(10-23)4-2-20;1-5(2,3)6-4/h5-8,10H,1-4,9H2;1-4H3. The number of nitrogens with zero attached hydrogens (tertiary/aromatic N) is 4. The van der Waals surface area contributed by atoms with Crippen molar-refractivity contribution in [2.45, 2.75) is 32.9 Å². The Balaban J connectivity index is 0.000000469. The molecule has 3 rings (SSSR count). The summed E-state index contributed by atoms with van der Waals surface area (Å²) in [5.41, 5.74) is 1.12. The summed E-state index contributed by atoms with van der Waals surface area (Å²) in [5.74, 6) is -0.187. The van der Waals surface area contributed by atoms with Gasteiger partial charge in [-0.1, -0.05) is 11.6 Å². The molecule has 0 saturated carbocycles. The minimum atomic E-state index is -0.498. The summed E-state index contributed by atoms with van der Waals surface area (Å²) in [5, 5.41) is 0.231. The highest BCUT2D eigenvalue weighted by Crippen LogP contribution is 2.28. The third-order valence-electron chi connectivity index (χ3n) is 4.53. The monoisotopic (exact) mass is 460 g/mol. The molecule has 30 heavy (non-hydrogen) atoms. The molecule has 1 aromatic carbocycles. The Morgan fingerprint density at radius 2 is 1.87 bits per heavy atom. The van der Waals surface area contributed by atoms with E-state index in [2.05, 4.69) is 9.88 Å². The Morgan fingerprint density at radius 3 is 2.37 bits per heavy atom. The Hall–Kier alpha value is -1.68. The van der Waals surface area contributed by atoms with Crippen LogP contribution in [0.15, 0.2) is 24.4 Å². The molecular formula is C20H27ClF2N4O2S. The minimum Gasteiger partial charge on any atom is -0.379 e. The first-order valence-electron chi connectivity index (χ1n) is 9.46. The van der Waals surface area contributed by atoms with Gasteiger partial charge in [-0.2, -0.15) is 0 Å². The third-order valence-corrected chi connectivity index (χ3v) is 5.30. The van der Waals surface area contributed by atoms with Crippen molar-refractivity contribution in [1.29, 1.82) is 0 Å². The second-order valence-corrected chi connectivity index (χ2v) is 8.77. The number of benzene rings is 1. The van der Waals surface area contributed by atoms with Crippen LogP contribution in [0.25, 0.3) is 11.4 Å². The summed E-state index contributed by atoms with van der Waals surface area (Å²) < 4.78 is 33.3. The normalized spacial score (nSPS) is 15.0. The topological polar surface area (TPSA) is 50.6 Å². The van der Waals surface area contributed by atoms with Gasteiger partial charge in [-0.15, -0.1) is 3.89 Å². The molecule has 0 atom stereocenters. The zero-order valence-electron chi connectivity index (χ0n) is 17.6. The largest absolute Gasteiger partial charge is 0.379 e. The fourth-order valence-electron chi connectivity index (χ4n) is 2.69. The molecule has 0 unspecified atom stereocenters. The van der Waals surface area contributed by atoms with Crippen LogP contribution in [0.1, 0.15) is 26.5 Å². The molecule has 166 valence electrons. The SMILES string of the molecule is COC(C)(C)C.O=CN1CCN(Cc2cnc(-c3cc(F)cc(Cl)c3)n2SF)CC1. The Labute approximate surface area is 185 Å². The summed E-state index contributed by atoms with van der Waals surface area (Å²) in [6.45, 7) is 9.27. The van der Waals surface area contributed by atoms with E-state index < -0.39 is 5.82 Å². The molecule has 0 radical (unpaired) electrons. The summed E-state index contributed by atoms with van der Waals surface area (Å²) in [6.07, 6.45) is 2.41. The maximum atomic E-state index is 13.5. The smallest absolute Gasteiger partial charge is 0.209 e. The molecule has 1 fully saturated rings. The van der Waals surface area contributed by atoms with E-state index in [4.69, 9.17) is 16.3 Å². The first-order chi connectivity index (χ1) is 14.2. The molecule has 0 spiro atoms. The summed E-state index contributed by atoms with van der Waals surface area (Å²) in [4.78, 5) is 18.8. The zero-order chi connectivity index (χ0) is 22.3. The van der Waals surface area contributed by atoms with E-state index in [1.807, 2.05) is 20.8 Å². The van der Waals surface area contributed by atoms with Gasteiger partial charge in [-0.3, -0.25) is 9.69 Å². The number of carbonyl (C=O) groups is 1. The molecule has 1 aromatic heterocycles. The van der Waals surface area contributed by atoms with Crippen molar-refractivity contribution in [2.24, 2.45) is 0 Å². The van der Waals surface area contributed by atoms with E-state index in [9.17, 15) is 13.1 Å². The number of methoxy groups -OCH3 is 1. The van der Waals surface area contributed by atoms with Gasteiger partial charge in [0.1, 0.15) is 5.82 Å². The van der Waals surface area contributed by atoms with Crippen LogP contribution < -0.4 is 0 Å². The molecule has 10 heteroatoms. The van der Waals surface area contributed by atoms with E-state index in [0.29, 0.717) is 49.8 Å². The summed E-state index contributed by atoms with van der Waals surface area (Å²) >= 11 is 5.89. The van der Waals surface area contributed by atoms with Gasteiger partial charge >= 0.3 is 0 Å². The van der Waals surface area contributed by atoms with Crippen LogP contribution in [0.5, 0.6) is 0 Å². The second kappa shape index (κ2) is 11.1. The number of amides is 1. The van der Waals surface area contributed by atoms with Crippen LogP contribution in [0, 0.1) is 5.82 Å². The van der Waals surface area contributed by atoms with Crippen molar-refractivity contribution >= 4 is 30.3 Å². The van der Waals surface area contributed by atoms with Crippen molar-refractivity contribution in [1.82, 2.24) is 18.8 Å². The van der Waals surface area contributed by atoms with Gasteiger partial charge in [-0.05, 0) is 39.0 Å². The lowest BCUT2D eigenvalue weighted by Gasteiger charge is -2.32. The Bertz CT molecular complexity index is 816. The van der Waals surface area contributed by atoms with E-state index in [1.165, 1.54) is 16.1 Å². The zero-order valence-corrected chi connectivity index (χ0v) is 19.1. The van der Waals surface area contributed by atoms with Gasteiger partial charge in [-0.25, -0.2) is 13.3 Å². The van der Waals surface area contributed by atoms with Crippen molar-refractivity contribution in [2.75, 3.05) is 33.3 Å². The van der Waals surface area contributed by atoms with Crippen LogP contribution in [0.2, 0.25) is 5.02 Å². The van der Waals surface area contributed by atoms with E-state index in [1.54, 1.807) is 24.3 Å². The number of rotatable bonds is 5. The van der Waals surface area contributed by atoms with E-state index in [0.717, 1.165) is 6.41 Å². The molecule has 1 aliphatic rings. The number of imidazole rings is 1. The molecule has 2 aromatic rings. The fourth-order valence-corrected chi connectivity index (χ4v) is 3.32. The maximum absolute atomic E-state index is 13.5. The molecular weight excluding hydrogens is 434 g/mol. The number of carbonyl (C=O) groups excluding carboxylic acids is 1. The van der Waals surface area contributed by atoms with Gasteiger partial charge < -0.3 is 9.64 Å². The first-order valence-corrected chi connectivity index (χ1v) is 10.5. The maximum Gasteiger partial charge on any atom is 0.209 e. The Kier molecular flexibility index (Phi) is 9.09. The van der Waals surface area contributed by atoms with Crippen molar-refractivity contribution in [3.05, 3.63) is 40.9 Å². The predicted octanol–water partition coefficient (Wildman–Crippen LogP) is 4.43. The van der Waals surface area contributed by atoms with Crippen LogP contribution >= 0.6 is 23.9 Å². The van der Waals surface area contributed by atoms with Crippen LogP contribution in [0.4, 0.5) is 8.28 Å². The number of hydrogen-bond donors (Lipinski definition) is 0. The lowest BCUT2D eigenvalue weighted by Crippen LogP contribution is -2.45. The molecule has 6 nitrogen and oxygen atoms in total. The van der Waals surface area contributed by atoms with E-state index >= 15 is 0 Å². The predicted molar refractivity (Wildman–Crippen MR) is 116 cm³/mol. The number of hydrogen-bond acceptors (Lipinski definition) is 5. The van der Waals surface area contributed by atoms with Gasteiger partial charge in [0.15, 0.2) is 18.2 Å². The average Bonchev–Trinajstić information content (AvgIpc) is 3.10. The number of aromatic nitrogens is 2. The number of ether oxygens (including phenoxy) is 1. The third kappa shape index (κ3) is 7.23. The van der Waals surface area contributed by atoms with Crippen molar-refractivity contribution in [3.63, 3.8) is 0 Å². The minimum absolute atomic E-state index is 0.0243. The summed E-state index contributed by atoms with van der Waals surface area (Å²) in [7, 11) is 1.71. The Morgan fingerprint density at radius 1 is 1.23 bits per heavy atom. The van der Waals surface area contributed by atoms with Crippen LogP contribution in [-0.4, -0.2) is 64.1 Å². The van der Waals surface area contributed by atoms with Gasteiger partial charge in [0, 0.05) is 50.4 Å². The van der Waals surface area contributed by atoms with Crippen molar-refractivity contribution in [3.8, 4) is 11.4 Å². The molecule has 0 bridgehead atoms. The fraction of sp³-hybridized carbons (Fsp3) is 0.500. The molecule has 1 aliphatic heterocycles. The van der Waals surface area contributed by atoms with E-state index in [-0.39, 0.29) is 23.0 Å². The molecule has 0 aliphatic carbocycles. The average molecular weight is 461 g/mol. The first kappa shape index (κ1) is 24.6. The second-order valence-electron chi connectivity index (χ2n) is 7.83. The quantitative estimate of drug-likeness (QED) is 0.618. The summed E-state index contributed by atoms with van der Waals surface area (Å²) in [6, 6.07) is 4.01. The number of halogens is 3. The highest BCUT2D eigenvalue weighted by molar-refractivity contribution is 7.92. The number of piperazine rings is 1. The molecule has 0 N–H and O–H groups in total. The molecule has 1 saturated heterocycles. The van der Waals surface area contributed by atoms with Gasteiger partial charge in [0.2, 0.25) is 6.41 Å². The molecule has 2 heterocycles. The van der Waals surface area contributed by atoms with Gasteiger partial charge in [0.25, 0.3) is 0 Å². The van der Waals surface area contributed by atoms with Crippen molar-refractivity contribution < 1.29 is 17.8 Å². The van der Waals surface area contributed by atoms with Crippen LogP contribution in [0.3, 0.4) is 0 Å². The highest BCUT2D eigenvalue weighted by Gasteiger charge is 2.20. The lowest BCUT2D eigenvalue weighted by atomic mass is 10.2. The lowest BCUT2D eigenvalue weighted by molar-refractivity contribution is -0.119. The van der Waals surface area contributed by atoms with Gasteiger partial charge in [0.05, 0.1) is 17.5 Å².